The van der Waals surface area contributed by atoms with E-state index in [1.165, 1.54) is 20.0 Å². The fourth-order valence-corrected chi connectivity index (χ4v) is 3.18. The predicted molar refractivity (Wildman–Crippen MR) is 100 cm³/mol. The van der Waals surface area contributed by atoms with Crippen LogP contribution in [0.4, 0.5) is 0 Å². The van der Waals surface area contributed by atoms with Crippen LogP contribution < -0.4 is 5.73 Å². The van der Waals surface area contributed by atoms with Gasteiger partial charge < -0.3 is 15.2 Å². The summed E-state index contributed by atoms with van der Waals surface area (Å²) in [5.41, 5.74) is 9.07. The summed E-state index contributed by atoms with van der Waals surface area (Å²) in [7, 11) is 1.39. The minimum Gasteiger partial charge on any atom is -0.502 e. The highest BCUT2D eigenvalue weighted by Crippen LogP contribution is 2.44. The van der Waals surface area contributed by atoms with Crippen molar-refractivity contribution in [1.29, 1.82) is 0 Å². The molecule has 0 fully saturated rings. The maximum atomic E-state index is 12.0. The normalized spacial score (nSPS) is 18.4. The zero-order valence-electron chi connectivity index (χ0n) is 15.2. The van der Waals surface area contributed by atoms with Gasteiger partial charge in [0.25, 0.3) is 0 Å². The van der Waals surface area contributed by atoms with Gasteiger partial charge in [0, 0.05) is 5.70 Å². The first-order chi connectivity index (χ1) is 12.0. The second-order valence-electron chi connectivity index (χ2n) is 6.81. The summed E-state index contributed by atoms with van der Waals surface area (Å²) in [5.74, 6) is -0.338. The van der Waals surface area contributed by atoms with Gasteiger partial charge in [-0.25, -0.2) is 4.79 Å². The van der Waals surface area contributed by atoms with Crippen LogP contribution in [0.2, 0.25) is 0 Å². The van der Waals surface area contributed by atoms with Gasteiger partial charge in [-0.05, 0) is 48.0 Å². The lowest BCUT2D eigenvalue weighted by molar-refractivity contribution is -0.135. The average molecular weight is 341 g/mol. The van der Waals surface area contributed by atoms with Gasteiger partial charge in [-0.3, -0.25) is 0 Å². The molecule has 0 radical (unpaired) electrons. The second-order valence-corrected chi connectivity index (χ2v) is 6.81. The van der Waals surface area contributed by atoms with E-state index in [0.717, 1.165) is 24.2 Å². The third-order valence-electron chi connectivity index (χ3n) is 4.22. The van der Waals surface area contributed by atoms with Crippen LogP contribution in [0.5, 0.6) is 0 Å². The maximum Gasteiger partial charge on any atom is 0.338 e. The van der Waals surface area contributed by atoms with Gasteiger partial charge >= 0.3 is 5.97 Å². The molecule has 1 aromatic carbocycles. The van der Waals surface area contributed by atoms with E-state index >= 15 is 0 Å². The van der Waals surface area contributed by atoms with Crippen LogP contribution in [0.15, 0.2) is 60.0 Å². The number of rotatable bonds is 2. The molecule has 1 heterocycles. The third-order valence-corrected chi connectivity index (χ3v) is 4.22. The van der Waals surface area contributed by atoms with Crippen LogP contribution in [-0.2, 0) is 14.3 Å². The minimum atomic E-state index is -0.338. The Kier molecular flexibility index (Phi) is 6.45. The molecule has 2 N–H and O–H groups in total. The summed E-state index contributed by atoms with van der Waals surface area (Å²) < 4.78 is 9.78. The van der Waals surface area contributed by atoms with Crippen molar-refractivity contribution >= 4 is 11.5 Å². The standard InChI is InChI=1S/C16H19NO2.C5H8O/c1-16(2)10-12(17)9-13(15(18)19-3)14(16)11-7-5-4-6-8-11;1-2-4-6-5-3-1/h4-9H,10,17H2,1-3H3;2,4H,1,3,5H2. The largest absolute Gasteiger partial charge is 0.502 e. The number of ether oxygens (including phenoxy) is 2. The molecule has 1 aliphatic carbocycles. The highest BCUT2D eigenvalue weighted by atomic mass is 16.5. The monoisotopic (exact) mass is 341 g/mol. The molecule has 25 heavy (non-hydrogen) atoms. The quantitative estimate of drug-likeness (QED) is 0.819. The number of hydrogen-bond acceptors (Lipinski definition) is 4. The molecule has 0 bridgehead atoms. The topological polar surface area (TPSA) is 61.5 Å². The molecule has 2 aliphatic rings. The van der Waals surface area contributed by atoms with Gasteiger partial charge in [-0.15, -0.1) is 0 Å². The lowest BCUT2D eigenvalue weighted by Gasteiger charge is -2.33. The van der Waals surface area contributed by atoms with Crippen molar-refractivity contribution in [3.05, 3.63) is 65.6 Å². The van der Waals surface area contributed by atoms with Crippen molar-refractivity contribution < 1.29 is 14.3 Å². The van der Waals surface area contributed by atoms with Gasteiger partial charge in [-0.2, -0.15) is 0 Å². The Labute approximate surface area is 150 Å². The summed E-state index contributed by atoms with van der Waals surface area (Å²) in [4.78, 5) is 12.0. The fraction of sp³-hybridized carbons (Fsp3) is 0.381. The molecule has 0 aromatic heterocycles. The number of hydrogen-bond donors (Lipinski definition) is 1. The highest BCUT2D eigenvalue weighted by molar-refractivity contribution is 6.02. The van der Waals surface area contributed by atoms with E-state index in [0.29, 0.717) is 11.3 Å². The van der Waals surface area contributed by atoms with E-state index in [-0.39, 0.29) is 11.4 Å². The molecule has 0 unspecified atom stereocenters. The first-order valence-electron chi connectivity index (χ1n) is 8.57. The van der Waals surface area contributed by atoms with Crippen LogP contribution in [0.25, 0.3) is 5.57 Å². The number of carbonyl (C=O) groups excluding carboxylic acids is 1. The molecule has 4 heteroatoms. The number of allylic oxidation sites excluding steroid dienone is 3. The van der Waals surface area contributed by atoms with Gasteiger partial charge in [-0.1, -0.05) is 44.2 Å². The molecule has 0 amide bonds. The number of esters is 1. The minimum absolute atomic E-state index is 0.191. The Morgan fingerprint density at radius 3 is 2.44 bits per heavy atom. The highest BCUT2D eigenvalue weighted by Gasteiger charge is 2.33. The fourth-order valence-electron chi connectivity index (χ4n) is 3.18. The lowest BCUT2D eigenvalue weighted by Crippen LogP contribution is -2.25. The molecule has 0 atom stereocenters. The maximum absolute atomic E-state index is 12.0. The van der Waals surface area contributed by atoms with Crippen molar-refractivity contribution in [2.75, 3.05) is 13.7 Å². The summed E-state index contributed by atoms with van der Waals surface area (Å²) in [5, 5.41) is 0. The van der Waals surface area contributed by atoms with E-state index in [4.69, 9.17) is 15.2 Å². The van der Waals surface area contributed by atoms with Gasteiger partial charge in [0.15, 0.2) is 0 Å². The first kappa shape index (κ1) is 18.8. The Balaban J connectivity index is 0.000000316. The van der Waals surface area contributed by atoms with Crippen molar-refractivity contribution in [2.24, 2.45) is 11.1 Å². The van der Waals surface area contributed by atoms with E-state index in [9.17, 15) is 4.79 Å². The van der Waals surface area contributed by atoms with Gasteiger partial charge in [0.05, 0.1) is 25.6 Å². The third kappa shape index (κ3) is 4.99. The molecule has 4 nitrogen and oxygen atoms in total. The van der Waals surface area contributed by atoms with E-state index in [2.05, 4.69) is 13.8 Å². The molecule has 3 rings (SSSR count). The Morgan fingerprint density at radius 2 is 1.96 bits per heavy atom. The molecule has 1 aliphatic heterocycles. The van der Waals surface area contributed by atoms with Crippen LogP contribution in [0.1, 0.15) is 38.7 Å². The number of methoxy groups -OCH3 is 1. The van der Waals surface area contributed by atoms with Gasteiger partial charge in [0.2, 0.25) is 0 Å². The average Bonchev–Trinajstić information content (AvgIpc) is 2.62. The SMILES string of the molecule is C1=COCCC1.COC(=O)C1=C(c2ccccc2)C(C)(C)CC(N)=C1. The molecule has 134 valence electrons. The van der Waals surface area contributed by atoms with E-state index in [1.807, 2.05) is 36.4 Å². The Morgan fingerprint density at radius 1 is 1.24 bits per heavy atom. The number of carbonyl (C=O) groups is 1. The molecular weight excluding hydrogens is 314 g/mol. The van der Waals surface area contributed by atoms with E-state index < -0.39 is 0 Å². The van der Waals surface area contributed by atoms with Crippen LogP contribution in [-0.4, -0.2) is 19.7 Å². The summed E-state index contributed by atoms with van der Waals surface area (Å²) in [6.45, 7) is 5.10. The smallest absolute Gasteiger partial charge is 0.338 e. The first-order valence-corrected chi connectivity index (χ1v) is 8.57. The van der Waals surface area contributed by atoms with Crippen molar-refractivity contribution in [1.82, 2.24) is 0 Å². The summed E-state index contributed by atoms with van der Waals surface area (Å²) in [6, 6.07) is 9.91. The Bertz CT molecular complexity index is 676. The Hall–Kier alpha value is -2.49. The van der Waals surface area contributed by atoms with Crippen LogP contribution in [0.3, 0.4) is 0 Å². The van der Waals surface area contributed by atoms with Crippen LogP contribution in [0, 0.1) is 5.41 Å². The number of benzene rings is 1. The summed E-state index contributed by atoms with van der Waals surface area (Å²) in [6.07, 6.45) is 8.67. The number of nitrogens with two attached hydrogens (primary N) is 1. The predicted octanol–water partition coefficient (Wildman–Crippen LogP) is 4.20. The van der Waals surface area contributed by atoms with E-state index in [1.54, 1.807) is 12.3 Å². The molecule has 1 aromatic rings. The van der Waals surface area contributed by atoms with Crippen molar-refractivity contribution in [3.8, 4) is 0 Å². The zero-order chi connectivity index (χ0) is 18.3. The van der Waals surface area contributed by atoms with Crippen LogP contribution >= 0.6 is 0 Å². The lowest BCUT2D eigenvalue weighted by atomic mass is 9.71. The molecule has 0 saturated carbocycles. The molecule has 0 spiro atoms. The van der Waals surface area contributed by atoms with Crippen molar-refractivity contribution in [3.63, 3.8) is 0 Å². The summed E-state index contributed by atoms with van der Waals surface area (Å²) >= 11 is 0. The second kappa shape index (κ2) is 8.56. The van der Waals surface area contributed by atoms with Crippen molar-refractivity contribution in [2.45, 2.75) is 33.1 Å². The molecular formula is C21H27NO3. The van der Waals surface area contributed by atoms with Gasteiger partial charge in [0.1, 0.15) is 0 Å². The molecule has 0 saturated heterocycles. The zero-order valence-corrected chi connectivity index (χ0v) is 15.2.